The van der Waals surface area contributed by atoms with Gasteiger partial charge < -0.3 is 14.6 Å². The summed E-state index contributed by atoms with van der Waals surface area (Å²) >= 11 is 0. The third-order valence-electron chi connectivity index (χ3n) is 5.90. The molecule has 1 aliphatic carbocycles. The number of morpholine rings is 1. The molecule has 1 saturated heterocycles. The minimum Gasteiger partial charge on any atom is -0.379 e. The zero-order valence-electron chi connectivity index (χ0n) is 17.9. The minimum absolute atomic E-state index is 0.00798. The third kappa shape index (κ3) is 5.48. The second-order valence-electron chi connectivity index (χ2n) is 8.43. The summed E-state index contributed by atoms with van der Waals surface area (Å²) in [6, 6.07) is 9.55. The minimum atomic E-state index is -0.471. The SMILES string of the molecule is CNC(=O)c1cc(C(=O)CC2CC2)cn(Cc2cccc(CN3CCOCC3)c2)c1=O. The van der Waals surface area contributed by atoms with Crippen LogP contribution in [0.1, 0.15) is 51.1 Å². The second-order valence-corrected chi connectivity index (χ2v) is 8.43. The molecule has 1 N–H and O–H groups in total. The molecular weight excluding hydrogens is 394 g/mol. The van der Waals surface area contributed by atoms with Crippen LogP contribution in [-0.2, 0) is 17.8 Å². The summed E-state index contributed by atoms with van der Waals surface area (Å²) in [5, 5.41) is 2.51. The molecule has 0 unspecified atom stereocenters. The second kappa shape index (κ2) is 9.58. The zero-order chi connectivity index (χ0) is 21.8. The van der Waals surface area contributed by atoms with Crippen molar-refractivity contribution in [3.63, 3.8) is 0 Å². The largest absolute Gasteiger partial charge is 0.379 e. The fourth-order valence-corrected chi connectivity index (χ4v) is 3.95. The van der Waals surface area contributed by atoms with Gasteiger partial charge in [0.15, 0.2) is 5.78 Å². The summed E-state index contributed by atoms with van der Waals surface area (Å²) in [4.78, 5) is 40.3. The van der Waals surface area contributed by atoms with Crippen LogP contribution in [0.3, 0.4) is 0 Å². The molecule has 0 atom stereocenters. The van der Waals surface area contributed by atoms with E-state index >= 15 is 0 Å². The molecule has 31 heavy (non-hydrogen) atoms. The van der Waals surface area contributed by atoms with Gasteiger partial charge in [0, 0.05) is 44.9 Å². The highest BCUT2D eigenvalue weighted by Gasteiger charge is 2.26. The van der Waals surface area contributed by atoms with E-state index in [1.807, 2.05) is 12.1 Å². The molecule has 1 aliphatic heterocycles. The number of aromatic nitrogens is 1. The molecule has 0 spiro atoms. The number of benzene rings is 1. The van der Waals surface area contributed by atoms with Crippen LogP contribution in [0.25, 0.3) is 0 Å². The van der Waals surface area contributed by atoms with E-state index in [2.05, 4.69) is 22.3 Å². The topological polar surface area (TPSA) is 80.6 Å². The van der Waals surface area contributed by atoms with Crippen LogP contribution in [0.2, 0.25) is 0 Å². The summed E-state index contributed by atoms with van der Waals surface area (Å²) < 4.78 is 6.90. The van der Waals surface area contributed by atoms with Gasteiger partial charge in [-0.05, 0) is 36.0 Å². The summed E-state index contributed by atoms with van der Waals surface area (Å²) in [5.41, 5.74) is 2.17. The number of ether oxygens (including phenoxy) is 1. The van der Waals surface area contributed by atoms with Crippen LogP contribution >= 0.6 is 0 Å². The molecule has 2 heterocycles. The molecule has 7 nitrogen and oxygen atoms in total. The fraction of sp³-hybridized carbons (Fsp3) is 0.458. The smallest absolute Gasteiger partial charge is 0.263 e. The summed E-state index contributed by atoms with van der Waals surface area (Å²) in [6.45, 7) is 4.45. The quantitative estimate of drug-likeness (QED) is 0.658. The normalized spacial score (nSPS) is 16.8. The van der Waals surface area contributed by atoms with Crippen molar-refractivity contribution in [2.45, 2.75) is 32.4 Å². The van der Waals surface area contributed by atoms with Gasteiger partial charge in [-0.15, -0.1) is 0 Å². The molecule has 1 saturated carbocycles. The molecule has 164 valence electrons. The highest BCUT2D eigenvalue weighted by atomic mass is 16.5. The standard InChI is InChI=1S/C24H29N3O4/c1-25-23(29)21-13-20(22(28)12-17-5-6-17)16-27(24(21)30)15-19-4-2-3-18(11-19)14-26-7-9-31-10-8-26/h2-4,11,13,16-17H,5-10,12,14-15H2,1H3,(H,25,29). The molecule has 1 aromatic heterocycles. The number of ketones is 1. The van der Waals surface area contributed by atoms with Gasteiger partial charge >= 0.3 is 0 Å². The molecule has 0 bridgehead atoms. The van der Waals surface area contributed by atoms with Crippen molar-refractivity contribution >= 4 is 11.7 Å². The molecular formula is C24H29N3O4. The average Bonchev–Trinajstić information content (AvgIpc) is 3.59. The fourth-order valence-electron chi connectivity index (χ4n) is 3.95. The van der Waals surface area contributed by atoms with E-state index in [1.165, 1.54) is 23.2 Å². The third-order valence-corrected chi connectivity index (χ3v) is 5.90. The molecule has 1 amide bonds. The average molecular weight is 424 g/mol. The van der Waals surface area contributed by atoms with E-state index in [9.17, 15) is 14.4 Å². The van der Waals surface area contributed by atoms with Gasteiger partial charge in [0.1, 0.15) is 5.56 Å². The Labute approximate surface area is 182 Å². The molecule has 0 radical (unpaired) electrons. The van der Waals surface area contributed by atoms with Crippen molar-refractivity contribution in [1.82, 2.24) is 14.8 Å². The summed E-state index contributed by atoms with van der Waals surface area (Å²) in [5.74, 6) is -0.0449. The van der Waals surface area contributed by atoms with E-state index in [0.29, 0.717) is 24.4 Å². The van der Waals surface area contributed by atoms with Gasteiger partial charge in [-0.25, -0.2) is 0 Å². The van der Waals surface area contributed by atoms with Gasteiger partial charge in [0.25, 0.3) is 11.5 Å². The molecule has 2 fully saturated rings. The lowest BCUT2D eigenvalue weighted by molar-refractivity contribution is 0.0342. The maximum Gasteiger partial charge on any atom is 0.263 e. The van der Waals surface area contributed by atoms with Crippen molar-refractivity contribution in [3.8, 4) is 0 Å². The number of carbonyl (C=O) groups is 2. The number of Topliss-reactive ketones (excluding diaryl/α,β-unsaturated/α-hetero) is 1. The zero-order valence-corrected chi connectivity index (χ0v) is 17.9. The Morgan fingerprint density at radius 2 is 1.81 bits per heavy atom. The summed E-state index contributed by atoms with van der Waals surface area (Å²) in [6.07, 6.45) is 4.22. The first kappa shape index (κ1) is 21.5. The van der Waals surface area contributed by atoms with Crippen LogP contribution in [0, 0.1) is 5.92 Å². The lowest BCUT2D eigenvalue weighted by atomic mass is 10.0. The maximum absolute atomic E-state index is 13.0. The van der Waals surface area contributed by atoms with Gasteiger partial charge in [-0.2, -0.15) is 0 Å². The van der Waals surface area contributed by atoms with E-state index in [1.54, 1.807) is 6.20 Å². The first-order valence-corrected chi connectivity index (χ1v) is 10.9. The number of hydrogen-bond donors (Lipinski definition) is 1. The van der Waals surface area contributed by atoms with Crippen molar-refractivity contribution in [2.75, 3.05) is 33.4 Å². The Morgan fingerprint density at radius 3 is 2.48 bits per heavy atom. The molecule has 2 aromatic rings. The Morgan fingerprint density at radius 1 is 1.10 bits per heavy atom. The number of rotatable bonds is 8. The van der Waals surface area contributed by atoms with E-state index < -0.39 is 5.91 Å². The molecule has 4 rings (SSSR count). The Bertz CT molecular complexity index is 1020. The highest BCUT2D eigenvalue weighted by Crippen LogP contribution is 2.33. The van der Waals surface area contributed by atoms with Gasteiger partial charge in [-0.1, -0.05) is 24.3 Å². The molecule has 7 heteroatoms. The van der Waals surface area contributed by atoms with E-state index in [-0.39, 0.29) is 16.9 Å². The monoisotopic (exact) mass is 423 g/mol. The van der Waals surface area contributed by atoms with Crippen LogP contribution in [0.15, 0.2) is 41.3 Å². The lowest BCUT2D eigenvalue weighted by Gasteiger charge is -2.26. The molecule has 1 aromatic carbocycles. The van der Waals surface area contributed by atoms with Gasteiger partial charge in [0.05, 0.1) is 19.8 Å². The number of hydrogen-bond acceptors (Lipinski definition) is 5. The van der Waals surface area contributed by atoms with Crippen molar-refractivity contribution in [1.29, 1.82) is 0 Å². The van der Waals surface area contributed by atoms with Crippen LogP contribution in [0.4, 0.5) is 0 Å². The van der Waals surface area contributed by atoms with Crippen molar-refractivity contribution < 1.29 is 14.3 Å². The Kier molecular flexibility index (Phi) is 6.63. The Balaban J connectivity index is 1.59. The first-order valence-electron chi connectivity index (χ1n) is 10.9. The van der Waals surface area contributed by atoms with Gasteiger partial charge in [-0.3, -0.25) is 19.3 Å². The number of nitrogens with zero attached hydrogens (tertiary/aromatic N) is 2. The first-order chi connectivity index (χ1) is 15.0. The van der Waals surface area contributed by atoms with Crippen LogP contribution in [0.5, 0.6) is 0 Å². The summed E-state index contributed by atoms with van der Waals surface area (Å²) in [7, 11) is 1.49. The Hall–Kier alpha value is -2.77. The van der Waals surface area contributed by atoms with Crippen molar-refractivity contribution in [3.05, 3.63) is 69.1 Å². The number of amides is 1. The predicted molar refractivity (Wildman–Crippen MR) is 117 cm³/mol. The van der Waals surface area contributed by atoms with Crippen LogP contribution in [-0.4, -0.2) is 54.5 Å². The van der Waals surface area contributed by atoms with Crippen LogP contribution < -0.4 is 10.9 Å². The van der Waals surface area contributed by atoms with E-state index in [0.717, 1.165) is 51.3 Å². The van der Waals surface area contributed by atoms with Crippen molar-refractivity contribution in [2.24, 2.45) is 5.92 Å². The van der Waals surface area contributed by atoms with E-state index in [4.69, 9.17) is 4.74 Å². The maximum atomic E-state index is 13.0. The number of carbonyl (C=O) groups excluding carboxylic acids is 2. The predicted octanol–water partition coefficient (Wildman–Crippen LogP) is 2.07. The molecule has 2 aliphatic rings. The van der Waals surface area contributed by atoms with Gasteiger partial charge in [0.2, 0.25) is 0 Å². The lowest BCUT2D eigenvalue weighted by Crippen LogP contribution is -2.35. The number of pyridine rings is 1. The highest BCUT2D eigenvalue weighted by molar-refractivity contribution is 6.00. The number of nitrogens with one attached hydrogen (secondary N) is 1.